The van der Waals surface area contributed by atoms with E-state index in [1.54, 1.807) is 25.2 Å². The predicted molar refractivity (Wildman–Crippen MR) is 342 cm³/mol. The molecule has 4 fully saturated rings. The number of aryl methyl sites for hydroxylation is 2. The number of fused-ring (bicyclic) bond motifs is 4. The fourth-order valence-corrected chi connectivity index (χ4v) is 13.5. The van der Waals surface area contributed by atoms with E-state index in [1.165, 1.54) is 62.7 Å². The fourth-order valence-electron chi connectivity index (χ4n) is 13.4. The van der Waals surface area contributed by atoms with Gasteiger partial charge >= 0.3 is 12.0 Å². The number of piperidine rings is 1. The third-order valence-electron chi connectivity index (χ3n) is 18.0. The van der Waals surface area contributed by atoms with Gasteiger partial charge in [-0.05, 0) is 161 Å². The molecule has 0 spiro atoms. The molecule has 12 rings (SSSR count). The molecule has 18 heteroatoms. The van der Waals surface area contributed by atoms with Gasteiger partial charge in [0.05, 0.1) is 36.8 Å². The summed E-state index contributed by atoms with van der Waals surface area (Å²) in [6.45, 7) is 31.2. The minimum atomic E-state index is -0.419. The molecule has 4 saturated heterocycles. The number of amides is 1. The first-order chi connectivity index (χ1) is 42.3. The first kappa shape index (κ1) is 62.5. The summed E-state index contributed by atoms with van der Waals surface area (Å²) in [5, 5.41) is 4.53. The number of carbonyl (C=O) groups is 2. The Hall–Kier alpha value is -7.51. The van der Waals surface area contributed by atoms with Crippen molar-refractivity contribution in [3.8, 4) is 12.0 Å². The van der Waals surface area contributed by atoms with Gasteiger partial charge in [0.25, 0.3) is 0 Å². The van der Waals surface area contributed by atoms with Crippen LogP contribution in [0.25, 0.3) is 31.2 Å². The first-order valence-corrected chi connectivity index (χ1v) is 31.3. The maximum absolute atomic E-state index is 12.8. The van der Waals surface area contributed by atoms with E-state index in [9.17, 15) is 9.59 Å². The van der Waals surface area contributed by atoms with Crippen LogP contribution >= 0.6 is 11.6 Å². The second-order valence-corrected chi connectivity index (χ2v) is 24.2. The average molecular weight is 1200 g/mol. The van der Waals surface area contributed by atoms with E-state index in [0.29, 0.717) is 95.5 Å². The largest absolute Gasteiger partial charge is 0.462 e. The molecule has 6 aliphatic rings. The highest BCUT2D eigenvalue weighted by atomic mass is 35.5. The normalized spacial score (nSPS) is 22.2. The number of likely N-dealkylation sites (N-methyl/N-ethyl adjacent to an activating group) is 2. The van der Waals surface area contributed by atoms with Crippen molar-refractivity contribution < 1.29 is 28.5 Å². The molecule has 17 nitrogen and oxygen atoms in total. The number of piperazine rings is 1. The average Bonchev–Trinajstić information content (AvgIpc) is 2.03. The van der Waals surface area contributed by atoms with Gasteiger partial charge in [-0.1, -0.05) is 84.9 Å². The molecule has 0 N–H and O–H groups in total. The van der Waals surface area contributed by atoms with Crippen molar-refractivity contribution in [3.63, 3.8) is 0 Å². The number of allylic oxidation sites excluding steroid dienone is 3. The number of carbonyl (C=O) groups excluding carboxylic acids is 2. The number of benzene rings is 4. The van der Waals surface area contributed by atoms with Crippen LogP contribution in [-0.2, 0) is 45.1 Å². The Bertz CT molecular complexity index is 3550. The van der Waals surface area contributed by atoms with Gasteiger partial charge in [-0.3, -0.25) is 9.59 Å². The Balaban J connectivity index is 0.000000177. The fraction of sp³-hybridized carbons (Fsp3) is 0.478. The molecule has 2 aromatic heterocycles. The van der Waals surface area contributed by atoms with E-state index < -0.39 is 5.24 Å². The number of likely N-dealkylation sites (tertiary alicyclic amines) is 2. The van der Waals surface area contributed by atoms with E-state index >= 15 is 0 Å². The summed E-state index contributed by atoms with van der Waals surface area (Å²) >= 11 is 4.85. The van der Waals surface area contributed by atoms with Crippen LogP contribution in [0.1, 0.15) is 109 Å². The lowest BCUT2D eigenvalue weighted by atomic mass is 9.92. The van der Waals surface area contributed by atoms with Crippen LogP contribution in [-0.4, -0.2) is 150 Å². The van der Waals surface area contributed by atoms with Crippen molar-refractivity contribution in [1.29, 1.82) is 0 Å². The number of aromatic nitrogens is 4. The number of rotatable bonds is 14. The van der Waals surface area contributed by atoms with Gasteiger partial charge in [0, 0.05) is 74.7 Å². The third kappa shape index (κ3) is 14.9. The summed E-state index contributed by atoms with van der Waals surface area (Å²) in [4.78, 5) is 60.8. The Labute approximate surface area is 517 Å². The van der Waals surface area contributed by atoms with Crippen LogP contribution in [0, 0.1) is 32.9 Å². The number of nitrogens with zero attached hydrogens (tertiary/aromatic N) is 11. The number of hydrogen-bond acceptors (Lipinski definition) is 14. The number of hydrogen-bond donors (Lipinski definition) is 0. The van der Waals surface area contributed by atoms with Crippen LogP contribution in [0.15, 0.2) is 97.1 Å². The predicted octanol–water partition coefficient (Wildman–Crippen LogP) is 11.4. The molecule has 4 aromatic carbocycles. The minimum absolute atomic E-state index is 0.0539. The van der Waals surface area contributed by atoms with Crippen molar-refractivity contribution in [1.82, 2.24) is 34.6 Å². The molecule has 0 radical (unpaired) electrons. The molecule has 0 aliphatic carbocycles. The van der Waals surface area contributed by atoms with E-state index in [4.69, 9.17) is 63.6 Å². The maximum atomic E-state index is 12.8. The van der Waals surface area contributed by atoms with Gasteiger partial charge in [0.15, 0.2) is 0 Å². The molecule has 87 heavy (non-hydrogen) atoms. The highest BCUT2D eigenvalue weighted by Crippen LogP contribution is 2.41. The summed E-state index contributed by atoms with van der Waals surface area (Å²) in [7, 11) is 4.31. The standard InChI is InChI=1S/C34H40N6O3.C31H37N5O2.C4H5ClO/c1-5-9-31(41)40-17-16-39(20-26(40)19-35-3)33-28-22-42-30(27-14-7-12-24-11-6-10-23(2)32(24)27)18-29(28)36-34(37-33)43-21-25-13-8-15-38(25)4;1-21-8-4-10-23-11-5-13-25(29(21)23)28-16-27-26(20-37-28)30(36-15-6-9-22(18-36)17-32-2)34-31(33-27)38-19-24-12-7-14-35(24)3;1-2-3-4(5)6/h5-7,9-12,14,25-26,30H,8,13,15-22H2,1-2,4H3;4-5,8,10-11,13,22,24,28H,6-7,9,12,14-20H2,1,3H3;2-3H,1H3/b9-5+;;3-2+/t25-,26-,30?;22-,24-,28?;/m00./s1. The Morgan fingerprint density at radius 1 is 0.621 bits per heavy atom. The van der Waals surface area contributed by atoms with E-state index in [0.717, 1.165) is 86.0 Å². The summed E-state index contributed by atoms with van der Waals surface area (Å²) in [6, 6.07) is 27.1. The first-order valence-electron chi connectivity index (χ1n) is 30.9. The van der Waals surface area contributed by atoms with Crippen LogP contribution in [0.5, 0.6) is 12.0 Å². The topological polar surface area (TPSA) is 148 Å². The maximum Gasteiger partial charge on any atom is 0.318 e. The van der Waals surface area contributed by atoms with Gasteiger partial charge in [-0.15, -0.1) is 0 Å². The zero-order chi connectivity index (χ0) is 61.0. The van der Waals surface area contributed by atoms with Crippen LogP contribution in [0.2, 0.25) is 0 Å². The van der Waals surface area contributed by atoms with Crippen molar-refractivity contribution in [2.24, 2.45) is 5.92 Å². The van der Waals surface area contributed by atoms with Gasteiger partial charge in [-0.25, -0.2) is 13.1 Å². The highest BCUT2D eigenvalue weighted by molar-refractivity contribution is 6.66. The van der Waals surface area contributed by atoms with E-state index in [-0.39, 0.29) is 30.7 Å². The van der Waals surface area contributed by atoms with Crippen molar-refractivity contribution >= 4 is 55.9 Å². The second kappa shape index (κ2) is 29.5. The number of anilines is 2. The lowest BCUT2D eigenvalue weighted by molar-refractivity contribution is -0.128. The summed E-state index contributed by atoms with van der Waals surface area (Å²) < 4.78 is 25.7. The van der Waals surface area contributed by atoms with Crippen LogP contribution in [0.4, 0.5) is 11.6 Å². The monoisotopic (exact) mass is 1200 g/mol. The second-order valence-electron chi connectivity index (χ2n) is 23.8. The number of ether oxygens (including phenoxy) is 4. The number of halogens is 1. The van der Waals surface area contributed by atoms with Crippen LogP contribution < -0.4 is 19.3 Å². The van der Waals surface area contributed by atoms with Crippen molar-refractivity contribution in [3.05, 3.63) is 165 Å². The molecule has 2 unspecified atom stereocenters. The third-order valence-corrected chi connectivity index (χ3v) is 18.1. The van der Waals surface area contributed by atoms with Gasteiger partial charge in [0.1, 0.15) is 30.9 Å². The van der Waals surface area contributed by atoms with E-state index in [2.05, 4.69) is 130 Å². The molecule has 1 amide bonds. The summed E-state index contributed by atoms with van der Waals surface area (Å²) in [5.41, 5.74) is 8.89. The molecule has 6 aromatic rings. The summed E-state index contributed by atoms with van der Waals surface area (Å²) in [6.07, 6.45) is 14.1. The highest BCUT2D eigenvalue weighted by Gasteiger charge is 2.37. The van der Waals surface area contributed by atoms with Crippen LogP contribution in [0.3, 0.4) is 0 Å². The van der Waals surface area contributed by atoms with Crippen molar-refractivity contribution in [2.75, 3.05) is 96.0 Å². The lowest BCUT2D eigenvalue weighted by Gasteiger charge is -2.40. The molecular formula is C69H82ClN11O6. The molecule has 6 aliphatic heterocycles. The molecule has 456 valence electrons. The molecule has 0 saturated carbocycles. The Kier molecular flexibility index (Phi) is 21.2. The lowest BCUT2D eigenvalue weighted by Crippen LogP contribution is -2.56. The molecule has 6 atom stereocenters. The quantitative estimate of drug-likeness (QED) is 0.0579. The Morgan fingerprint density at radius 3 is 1.57 bits per heavy atom. The smallest absolute Gasteiger partial charge is 0.318 e. The van der Waals surface area contributed by atoms with Crippen molar-refractivity contribution in [2.45, 2.75) is 123 Å². The zero-order valence-corrected chi connectivity index (χ0v) is 52.1. The van der Waals surface area contributed by atoms with Gasteiger partial charge in [-0.2, -0.15) is 19.9 Å². The molecule has 0 bridgehead atoms. The molecule has 8 heterocycles. The Morgan fingerprint density at radius 2 is 1.11 bits per heavy atom. The molecular weight excluding hydrogens is 1110 g/mol. The zero-order valence-electron chi connectivity index (χ0n) is 51.3. The summed E-state index contributed by atoms with van der Waals surface area (Å²) in [5.74, 6) is 2.05. The van der Waals surface area contributed by atoms with Gasteiger partial charge < -0.3 is 53.1 Å². The van der Waals surface area contributed by atoms with Gasteiger partial charge in [0.2, 0.25) is 24.2 Å². The van der Waals surface area contributed by atoms with E-state index in [1.807, 2.05) is 11.8 Å². The minimum Gasteiger partial charge on any atom is -0.462 e. The SMILES string of the molecule is C/C=C/C(=O)Cl.[C-]#[N+]C[C@@H]1CCCN(c2nc(OC[C@@H]3CCCN3C)nc3c2COC(c2cccc4cccc(C)c24)C3)C1.[C-]#[N+]C[C@H]1CN(c2nc(OC[C@@H]3CCCN3C)nc3c2COC(c2cccc4cccc(C)c24)C3)CCN1C(=O)/C=C/C.